The maximum atomic E-state index is 5.63. The van der Waals surface area contributed by atoms with E-state index in [0.717, 1.165) is 0 Å². The van der Waals surface area contributed by atoms with E-state index in [0.29, 0.717) is 0 Å². The van der Waals surface area contributed by atoms with Gasteiger partial charge in [0.15, 0.2) is 0 Å². The van der Waals surface area contributed by atoms with Gasteiger partial charge in [0.2, 0.25) is 0 Å². The largest absolute Gasteiger partial charge is 0.0978 e. The molecule has 0 heterocycles. The lowest BCUT2D eigenvalue weighted by Gasteiger charge is -2.16. The predicted octanol–water partition coefficient (Wildman–Crippen LogP) is 4.21. The summed E-state index contributed by atoms with van der Waals surface area (Å²) in [6.07, 6.45) is 7.57. The minimum Gasteiger partial charge on any atom is -0.0978 e. The highest BCUT2D eigenvalue weighted by molar-refractivity contribution is 8.16. The normalized spacial score (nSPS) is 11.5. The molecule has 0 aromatic heterocycles. The van der Waals surface area contributed by atoms with E-state index in [4.69, 9.17) is 11.8 Å². The maximum Gasteiger partial charge on any atom is -0.0202 e. The first kappa shape index (κ1) is 12.4. The minimum absolute atomic E-state index is 1.14. The highest BCUT2D eigenvalue weighted by Crippen LogP contribution is 2.48. The van der Waals surface area contributed by atoms with Crippen molar-refractivity contribution in [3.05, 3.63) is 12.4 Å². The number of rotatable bonds is 7. The monoisotopic (exact) mass is 204 g/mol. The van der Waals surface area contributed by atoms with Crippen LogP contribution in [0.4, 0.5) is 0 Å². The summed E-state index contributed by atoms with van der Waals surface area (Å²) in [6, 6.07) is -1.14. The molecule has 0 aliphatic carbocycles. The molecule has 0 aromatic carbocycles. The van der Waals surface area contributed by atoms with Crippen LogP contribution in [-0.2, 0) is 11.8 Å². The second-order valence-corrected chi connectivity index (χ2v) is 8.64. The van der Waals surface area contributed by atoms with E-state index in [1.54, 1.807) is 0 Å². The van der Waals surface area contributed by atoms with Crippen LogP contribution in [0.3, 0.4) is 0 Å². The van der Waals surface area contributed by atoms with Gasteiger partial charge in [-0.15, -0.1) is 0 Å². The van der Waals surface area contributed by atoms with Crippen molar-refractivity contribution in [3.8, 4) is 0 Å². The SMILES string of the molecule is C=CP(=S)(CCCC)CCCC. The molecule has 0 aliphatic heterocycles. The number of hydrogen-bond donors (Lipinski definition) is 0. The van der Waals surface area contributed by atoms with Crippen molar-refractivity contribution in [2.45, 2.75) is 39.5 Å². The predicted molar refractivity (Wildman–Crippen MR) is 64.0 cm³/mol. The van der Waals surface area contributed by atoms with Crippen LogP contribution in [0.1, 0.15) is 39.5 Å². The molecular formula is C10H21PS. The van der Waals surface area contributed by atoms with Crippen LogP contribution in [0.15, 0.2) is 12.4 Å². The summed E-state index contributed by atoms with van der Waals surface area (Å²) >= 11 is 5.63. The van der Waals surface area contributed by atoms with E-state index >= 15 is 0 Å². The Hall–Kier alpha value is 0.390. The molecular weight excluding hydrogens is 183 g/mol. The fourth-order valence-corrected chi connectivity index (χ4v) is 4.21. The summed E-state index contributed by atoms with van der Waals surface area (Å²) < 4.78 is 0. The zero-order valence-electron chi connectivity index (χ0n) is 8.38. The highest BCUT2D eigenvalue weighted by Gasteiger charge is 2.10. The van der Waals surface area contributed by atoms with Crippen LogP contribution in [0.25, 0.3) is 0 Å². The van der Waals surface area contributed by atoms with Crippen molar-refractivity contribution in [2.24, 2.45) is 0 Å². The Morgan fingerprint density at radius 2 is 1.58 bits per heavy atom. The van der Waals surface area contributed by atoms with Gasteiger partial charge in [0, 0.05) is 0 Å². The fraction of sp³-hybridized carbons (Fsp3) is 0.800. The quantitative estimate of drug-likeness (QED) is 0.560. The highest BCUT2D eigenvalue weighted by atomic mass is 32.4. The van der Waals surface area contributed by atoms with Crippen LogP contribution in [0.2, 0.25) is 0 Å². The molecule has 72 valence electrons. The first-order valence-electron chi connectivity index (χ1n) is 4.90. The Morgan fingerprint density at radius 1 is 1.17 bits per heavy atom. The van der Waals surface area contributed by atoms with Gasteiger partial charge in [0.25, 0.3) is 0 Å². The van der Waals surface area contributed by atoms with Crippen molar-refractivity contribution in [1.82, 2.24) is 0 Å². The first-order chi connectivity index (χ1) is 5.68. The summed E-state index contributed by atoms with van der Waals surface area (Å²) in [5, 5.41) is 0. The minimum atomic E-state index is -1.14. The molecule has 0 saturated carbocycles. The van der Waals surface area contributed by atoms with Crippen molar-refractivity contribution >= 4 is 17.8 Å². The smallest absolute Gasteiger partial charge is 0.0202 e. The molecule has 12 heavy (non-hydrogen) atoms. The summed E-state index contributed by atoms with van der Waals surface area (Å²) in [6.45, 7) is 8.33. The van der Waals surface area contributed by atoms with Crippen molar-refractivity contribution in [2.75, 3.05) is 12.3 Å². The molecule has 0 nitrogen and oxygen atoms in total. The molecule has 0 bridgehead atoms. The average Bonchev–Trinajstić information content (AvgIpc) is 2.11. The van der Waals surface area contributed by atoms with Crippen LogP contribution in [0, 0.1) is 0 Å². The molecule has 0 atom stereocenters. The molecule has 0 spiro atoms. The van der Waals surface area contributed by atoms with Gasteiger partial charge in [-0.25, -0.2) is 0 Å². The second-order valence-electron chi connectivity index (χ2n) is 3.29. The van der Waals surface area contributed by atoms with Crippen LogP contribution < -0.4 is 0 Å². The van der Waals surface area contributed by atoms with Gasteiger partial charge in [-0.3, -0.25) is 0 Å². The van der Waals surface area contributed by atoms with Crippen LogP contribution in [-0.4, -0.2) is 12.3 Å². The van der Waals surface area contributed by atoms with Gasteiger partial charge in [0.1, 0.15) is 0 Å². The Labute approximate surface area is 82.5 Å². The number of hydrogen-bond acceptors (Lipinski definition) is 1. The van der Waals surface area contributed by atoms with E-state index in [1.165, 1.54) is 38.0 Å². The Balaban J connectivity index is 3.87. The van der Waals surface area contributed by atoms with Gasteiger partial charge in [-0.05, 0) is 31.2 Å². The summed E-state index contributed by atoms with van der Waals surface area (Å²) in [4.78, 5) is 0. The van der Waals surface area contributed by atoms with E-state index in [-0.39, 0.29) is 0 Å². The molecule has 0 radical (unpaired) electrons. The van der Waals surface area contributed by atoms with Gasteiger partial charge < -0.3 is 0 Å². The third-order valence-electron chi connectivity index (χ3n) is 2.11. The Bertz CT molecular complexity index is 151. The van der Waals surface area contributed by atoms with Gasteiger partial charge in [-0.1, -0.05) is 50.9 Å². The second kappa shape index (κ2) is 6.86. The van der Waals surface area contributed by atoms with Crippen molar-refractivity contribution in [3.63, 3.8) is 0 Å². The molecule has 0 rings (SSSR count). The summed E-state index contributed by atoms with van der Waals surface area (Å²) in [5.74, 6) is 2.08. The zero-order valence-corrected chi connectivity index (χ0v) is 10.1. The van der Waals surface area contributed by atoms with Crippen molar-refractivity contribution in [1.29, 1.82) is 0 Å². The lowest BCUT2D eigenvalue weighted by Crippen LogP contribution is -1.92. The lowest BCUT2D eigenvalue weighted by molar-refractivity contribution is 0.870. The third-order valence-corrected chi connectivity index (χ3v) is 6.47. The molecule has 0 aromatic rings. The maximum absolute atomic E-state index is 5.63. The van der Waals surface area contributed by atoms with E-state index in [1.807, 2.05) is 0 Å². The van der Waals surface area contributed by atoms with E-state index < -0.39 is 6.04 Å². The first-order valence-corrected chi connectivity index (χ1v) is 8.14. The summed E-state index contributed by atoms with van der Waals surface area (Å²) in [7, 11) is 0. The average molecular weight is 204 g/mol. The molecule has 0 amide bonds. The molecule has 0 fully saturated rings. The molecule has 0 aliphatic rings. The van der Waals surface area contributed by atoms with E-state index in [9.17, 15) is 0 Å². The third kappa shape index (κ3) is 5.11. The zero-order chi connectivity index (χ0) is 9.45. The van der Waals surface area contributed by atoms with Gasteiger partial charge in [0.05, 0.1) is 0 Å². The van der Waals surface area contributed by atoms with Crippen LogP contribution in [0.5, 0.6) is 0 Å². The topological polar surface area (TPSA) is 0 Å². The molecule has 0 unspecified atom stereocenters. The fourth-order valence-electron chi connectivity index (χ4n) is 1.15. The molecule has 2 heteroatoms. The summed E-state index contributed by atoms with van der Waals surface area (Å²) in [5.41, 5.74) is 0. The lowest BCUT2D eigenvalue weighted by atomic mass is 10.4. The Kier molecular flexibility index (Phi) is 7.08. The van der Waals surface area contributed by atoms with Crippen molar-refractivity contribution < 1.29 is 0 Å². The molecule has 0 saturated heterocycles. The van der Waals surface area contributed by atoms with Gasteiger partial charge >= 0.3 is 0 Å². The van der Waals surface area contributed by atoms with Crippen LogP contribution >= 0.6 is 6.04 Å². The van der Waals surface area contributed by atoms with Gasteiger partial charge in [-0.2, -0.15) is 0 Å². The molecule has 0 N–H and O–H groups in total. The standard InChI is InChI=1S/C10H21PS/c1-4-7-9-11(12,6-3)10-8-5-2/h6H,3-5,7-10H2,1-2H3. The van der Waals surface area contributed by atoms with E-state index in [2.05, 4.69) is 26.2 Å². The number of unbranched alkanes of at least 4 members (excludes halogenated alkanes) is 2. The Morgan fingerprint density at radius 3 is 1.83 bits per heavy atom.